The maximum atomic E-state index is 13.9. The van der Waals surface area contributed by atoms with E-state index in [4.69, 9.17) is 0 Å². The van der Waals surface area contributed by atoms with E-state index < -0.39 is 0 Å². The maximum absolute atomic E-state index is 13.9. The van der Waals surface area contributed by atoms with Crippen LogP contribution in [0.25, 0.3) is 5.69 Å². The van der Waals surface area contributed by atoms with E-state index >= 15 is 0 Å². The molecule has 1 aromatic heterocycles. The molecule has 0 aliphatic carbocycles. The highest BCUT2D eigenvalue weighted by molar-refractivity contribution is 5.91. The van der Waals surface area contributed by atoms with Gasteiger partial charge in [0, 0.05) is 17.6 Å². The average Bonchev–Trinajstić information content (AvgIpc) is 3.28. The largest absolute Gasteiger partial charge is 0.322 e. The Morgan fingerprint density at radius 2 is 1.68 bits per heavy atom. The zero-order valence-corrected chi connectivity index (χ0v) is 20.0. The number of urea groups is 1. The first kappa shape index (κ1) is 22.0. The number of fused-ring (bicyclic) bond motifs is 3. The SMILES string of the molecule is CCc1ccccc1NC(=O)N1Cc2ccccc2-n2cccc2[C@H]1c1ccc(C(C)C)cc1. The van der Waals surface area contributed by atoms with Crippen molar-refractivity contribution in [2.24, 2.45) is 0 Å². The Bertz CT molecular complexity index is 1300. The number of aromatic nitrogens is 1. The molecule has 2 heterocycles. The van der Waals surface area contributed by atoms with Crippen molar-refractivity contribution in [1.82, 2.24) is 9.47 Å². The summed E-state index contributed by atoms with van der Waals surface area (Å²) in [5.74, 6) is 0.459. The molecule has 0 radical (unpaired) electrons. The minimum absolute atomic E-state index is 0.0942. The molecule has 5 rings (SSSR count). The van der Waals surface area contributed by atoms with Gasteiger partial charge in [-0.25, -0.2) is 4.79 Å². The number of hydrogen-bond donors (Lipinski definition) is 1. The lowest BCUT2D eigenvalue weighted by molar-refractivity contribution is 0.194. The summed E-state index contributed by atoms with van der Waals surface area (Å²) in [5.41, 5.74) is 7.74. The minimum Gasteiger partial charge on any atom is -0.318 e. The normalized spacial score (nSPS) is 14.9. The van der Waals surface area contributed by atoms with E-state index in [-0.39, 0.29) is 12.1 Å². The quantitative estimate of drug-likeness (QED) is 0.349. The summed E-state index contributed by atoms with van der Waals surface area (Å²) in [7, 11) is 0. The summed E-state index contributed by atoms with van der Waals surface area (Å²) in [4.78, 5) is 15.9. The van der Waals surface area contributed by atoms with Crippen molar-refractivity contribution in [2.45, 2.75) is 45.7 Å². The van der Waals surface area contributed by atoms with E-state index in [0.29, 0.717) is 12.5 Å². The van der Waals surface area contributed by atoms with Gasteiger partial charge in [-0.05, 0) is 58.9 Å². The second kappa shape index (κ2) is 9.22. The summed E-state index contributed by atoms with van der Waals surface area (Å²) >= 11 is 0. The van der Waals surface area contributed by atoms with Crippen LogP contribution in [0.2, 0.25) is 0 Å². The molecule has 4 nitrogen and oxygen atoms in total. The number of carbonyl (C=O) groups excluding carboxylic acids is 1. The van der Waals surface area contributed by atoms with Crippen LogP contribution < -0.4 is 5.32 Å². The van der Waals surface area contributed by atoms with E-state index in [0.717, 1.165) is 40.2 Å². The van der Waals surface area contributed by atoms with Crippen LogP contribution in [0, 0.1) is 0 Å². The third-order valence-electron chi connectivity index (χ3n) is 6.78. The van der Waals surface area contributed by atoms with Crippen molar-refractivity contribution < 1.29 is 4.79 Å². The fourth-order valence-corrected chi connectivity index (χ4v) is 4.89. The van der Waals surface area contributed by atoms with Gasteiger partial charge in [-0.2, -0.15) is 0 Å². The molecule has 0 saturated heterocycles. The summed E-state index contributed by atoms with van der Waals surface area (Å²) in [6.45, 7) is 7.04. The Morgan fingerprint density at radius 1 is 0.941 bits per heavy atom. The van der Waals surface area contributed by atoms with Crippen LogP contribution in [0.3, 0.4) is 0 Å². The zero-order valence-electron chi connectivity index (χ0n) is 20.0. The molecular weight excluding hydrogens is 418 g/mol. The first-order chi connectivity index (χ1) is 16.6. The molecule has 0 bridgehead atoms. The molecule has 1 aliphatic heterocycles. The molecule has 1 atom stereocenters. The van der Waals surface area contributed by atoms with Gasteiger partial charge in [0.15, 0.2) is 0 Å². The topological polar surface area (TPSA) is 37.3 Å². The van der Waals surface area contributed by atoms with Gasteiger partial charge in [0.1, 0.15) is 0 Å². The predicted molar refractivity (Wildman–Crippen MR) is 139 cm³/mol. The second-order valence-electron chi connectivity index (χ2n) is 9.22. The standard InChI is InChI=1S/C30H31N3O/c1-4-22-10-5-7-12-26(22)31-30(34)33-20-25-11-6-8-13-27(25)32-19-9-14-28(32)29(33)24-17-15-23(16-18-24)21(2)3/h5-19,21,29H,4,20H2,1-3H3,(H,31,34)/t29-/m1/s1. The monoisotopic (exact) mass is 449 g/mol. The number of para-hydroxylation sites is 2. The van der Waals surface area contributed by atoms with Crippen LogP contribution in [-0.2, 0) is 13.0 Å². The molecule has 172 valence electrons. The number of carbonyl (C=O) groups is 1. The molecule has 2 amide bonds. The van der Waals surface area contributed by atoms with Crippen LogP contribution >= 0.6 is 0 Å². The van der Waals surface area contributed by atoms with Crippen molar-refractivity contribution in [3.63, 3.8) is 0 Å². The average molecular weight is 450 g/mol. The Labute approximate surface area is 201 Å². The summed E-state index contributed by atoms with van der Waals surface area (Å²) in [5, 5.41) is 3.22. The number of rotatable bonds is 4. The number of benzene rings is 3. The zero-order chi connectivity index (χ0) is 23.7. The summed E-state index contributed by atoms with van der Waals surface area (Å²) < 4.78 is 2.23. The molecular formula is C30H31N3O. The van der Waals surface area contributed by atoms with Gasteiger partial charge in [-0.15, -0.1) is 0 Å². The number of nitrogens with zero attached hydrogens (tertiary/aromatic N) is 2. The summed E-state index contributed by atoms with van der Waals surface area (Å²) in [6, 6.07) is 29.0. The molecule has 4 aromatic rings. The lowest BCUT2D eigenvalue weighted by atomic mass is 9.97. The first-order valence-electron chi connectivity index (χ1n) is 12.1. The van der Waals surface area contributed by atoms with Gasteiger partial charge in [-0.1, -0.05) is 81.4 Å². The Kier molecular flexibility index (Phi) is 5.97. The number of hydrogen-bond acceptors (Lipinski definition) is 1. The highest BCUT2D eigenvalue weighted by Crippen LogP contribution is 2.37. The highest BCUT2D eigenvalue weighted by Gasteiger charge is 2.33. The fraction of sp³-hybridized carbons (Fsp3) is 0.233. The van der Waals surface area contributed by atoms with Crippen LogP contribution in [-0.4, -0.2) is 15.5 Å². The number of anilines is 1. The van der Waals surface area contributed by atoms with Crippen LogP contribution in [0.1, 0.15) is 60.7 Å². The van der Waals surface area contributed by atoms with Crippen LogP contribution in [0.15, 0.2) is 91.1 Å². The molecule has 1 aliphatic rings. The minimum atomic E-state index is -0.211. The van der Waals surface area contributed by atoms with Crippen LogP contribution in [0.5, 0.6) is 0 Å². The smallest absolute Gasteiger partial charge is 0.318 e. The van der Waals surface area contributed by atoms with Gasteiger partial charge in [0.25, 0.3) is 0 Å². The molecule has 34 heavy (non-hydrogen) atoms. The molecule has 3 aromatic carbocycles. The predicted octanol–water partition coefficient (Wildman–Crippen LogP) is 7.30. The number of amides is 2. The fourth-order valence-electron chi connectivity index (χ4n) is 4.89. The van der Waals surface area contributed by atoms with Gasteiger partial charge in [-0.3, -0.25) is 0 Å². The lowest BCUT2D eigenvalue weighted by Crippen LogP contribution is -2.38. The maximum Gasteiger partial charge on any atom is 0.322 e. The Balaban J connectivity index is 1.62. The van der Waals surface area contributed by atoms with Crippen molar-refractivity contribution in [2.75, 3.05) is 5.32 Å². The molecule has 0 unspecified atom stereocenters. The van der Waals surface area contributed by atoms with Gasteiger partial charge in [0.2, 0.25) is 0 Å². The van der Waals surface area contributed by atoms with Crippen molar-refractivity contribution >= 4 is 11.7 Å². The van der Waals surface area contributed by atoms with Gasteiger partial charge >= 0.3 is 6.03 Å². The van der Waals surface area contributed by atoms with E-state index in [9.17, 15) is 4.79 Å². The highest BCUT2D eigenvalue weighted by atomic mass is 16.2. The molecule has 4 heteroatoms. The first-order valence-corrected chi connectivity index (χ1v) is 12.1. The van der Waals surface area contributed by atoms with Crippen molar-refractivity contribution in [1.29, 1.82) is 0 Å². The van der Waals surface area contributed by atoms with E-state index in [1.54, 1.807) is 0 Å². The van der Waals surface area contributed by atoms with E-state index in [2.05, 4.69) is 97.5 Å². The molecule has 0 spiro atoms. The molecule has 0 fully saturated rings. The third kappa shape index (κ3) is 4.01. The van der Waals surface area contributed by atoms with Crippen molar-refractivity contribution in [3.05, 3.63) is 119 Å². The molecule has 1 N–H and O–H groups in total. The second-order valence-corrected chi connectivity index (χ2v) is 9.22. The van der Waals surface area contributed by atoms with Gasteiger partial charge < -0.3 is 14.8 Å². The van der Waals surface area contributed by atoms with E-state index in [1.807, 2.05) is 29.2 Å². The Morgan fingerprint density at radius 3 is 2.44 bits per heavy atom. The third-order valence-corrected chi connectivity index (χ3v) is 6.78. The lowest BCUT2D eigenvalue weighted by Gasteiger charge is -2.31. The van der Waals surface area contributed by atoms with E-state index in [1.165, 1.54) is 5.56 Å². The van der Waals surface area contributed by atoms with Gasteiger partial charge in [0.05, 0.1) is 18.3 Å². The summed E-state index contributed by atoms with van der Waals surface area (Å²) in [6.07, 6.45) is 2.96. The number of aryl methyl sites for hydroxylation is 1. The van der Waals surface area contributed by atoms with Crippen molar-refractivity contribution in [3.8, 4) is 5.69 Å². The molecule has 0 saturated carbocycles. The number of nitrogens with one attached hydrogen (secondary N) is 1. The Hall–Kier alpha value is -3.79. The van der Waals surface area contributed by atoms with Crippen LogP contribution in [0.4, 0.5) is 10.5 Å².